The maximum atomic E-state index is 12.5. The van der Waals surface area contributed by atoms with Crippen LogP contribution in [0.5, 0.6) is 11.5 Å². The molecule has 9 nitrogen and oxygen atoms in total. The van der Waals surface area contributed by atoms with E-state index in [4.69, 9.17) is 9.47 Å². The molecular formula is C23H18BrN3O6. The standard InChI is InChI=1S/C23H18BrN3O6/c1-14-7-9-16(10-8-14)23(29)33-21-18(24)11-15(12-20(21)32-2)13-25-26-22(28)17-5-3-4-6-19(17)27(30)31/h3-13H,1-2H3,(H,26,28). The predicted octanol–water partition coefficient (Wildman–Crippen LogP) is 4.66. The molecule has 0 saturated heterocycles. The lowest BCUT2D eigenvalue weighted by molar-refractivity contribution is -0.385. The fourth-order valence-electron chi connectivity index (χ4n) is 2.81. The van der Waals surface area contributed by atoms with Gasteiger partial charge in [0.15, 0.2) is 11.5 Å². The first-order chi connectivity index (χ1) is 15.8. The molecule has 0 bridgehead atoms. The molecule has 3 aromatic rings. The zero-order valence-electron chi connectivity index (χ0n) is 17.6. The van der Waals surface area contributed by atoms with Gasteiger partial charge < -0.3 is 9.47 Å². The first kappa shape index (κ1) is 23.6. The van der Waals surface area contributed by atoms with Crippen LogP contribution in [0.4, 0.5) is 5.69 Å². The molecule has 0 aromatic heterocycles. The Morgan fingerprint density at radius 3 is 2.48 bits per heavy atom. The number of hydrogen-bond acceptors (Lipinski definition) is 7. The highest BCUT2D eigenvalue weighted by Crippen LogP contribution is 2.37. The number of carbonyl (C=O) groups excluding carboxylic acids is 2. The Bertz CT molecular complexity index is 1240. The number of nitro benzene ring substituents is 1. The number of aryl methyl sites for hydroxylation is 1. The molecule has 168 valence electrons. The number of halogens is 1. The number of methoxy groups -OCH3 is 1. The molecule has 0 saturated carbocycles. The van der Waals surface area contributed by atoms with Gasteiger partial charge in [0, 0.05) is 6.07 Å². The second-order valence-corrected chi connectivity index (χ2v) is 7.62. The van der Waals surface area contributed by atoms with Gasteiger partial charge in [-0.25, -0.2) is 10.2 Å². The fraction of sp³-hybridized carbons (Fsp3) is 0.0870. The van der Waals surface area contributed by atoms with E-state index in [1.54, 1.807) is 36.4 Å². The van der Waals surface area contributed by atoms with Crippen LogP contribution in [-0.4, -0.2) is 30.1 Å². The van der Waals surface area contributed by atoms with Gasteiger partial charge in [0.25, 0.3) is 11.6 Å². The summed E-state index contributed by atoms with van der Waals surface area (Å²) in [5.41, 5.74) is 3.73. The molecular weight excluding hydrogens is 494 g/mol. The van der Waals surface area contributed by atoms with Crippen molar-refractivity contribution in [3.8, 4) is 11.5 Å². The molecule has 33 heavy (non-hydrogen) atoms. The van der Waals surface area contributed by atoms with Crippen molar-refractivity contribution in [2.24, 2.45) is 5.10 Å². The van der Waals surface area contributed by atoms with Crippen molar-refractivity contribution in [3.63, 3.8) is 0 Å². The Hall–Kier alpha value is -4.05. The Balaban J connectivity index is 1.76. The van der Waals surface area contributed by atoms with Crippen LogP contribution in [0, 0.1) is 17.0 Å². The normalized spacial score (nSPS) is 10.6. The largest absolute Gasteiger partial charge is 0.493 e. The number of ether oxygens (including phenoxy) is 2. The monoisotopic (exact) mass is 511 g/mol. The topological polar surface area (TPSA) is 120 Å². The van der Waals surface area contributed by atoms with Gasteiger partial charge in [-0.3, -0.25) is 14.9 Å². The van der Waals surface area contributed by atoms with Crippen LogP contribution >= 0.6 is 15.9 Å². The molecule has 0 heterocycles. The van der Waals surface area contributed by atoms with Gasteiger partial charge in [-0.05, 0) is 58.7 Å². The van der Waals surface area contributed by atoms with Crippen molar-refractivity contribution < 1.29 is 24.0 Å². The minimum atomic E-state index is -0.728. The average molecular weight is 512 g/mol. The second-order valence-electron chi connectivity index (χ2n) is 6.76. The van der Waals surface area contributed by atoms with Crippen LogP contribution in [0.3, 0.4) is 0 Å². The maximum Gasteiger partial charge on any atom is 0.343 e. The SMILES string of the molecule is COc1cc(C=NNC(=O)c2ccccc2[N+](=O)[O-])cc(Br)c1OC(=O)c1ccc(C)cc1. The first-order valence-corrected chi connectivity index (χ1v) is 10.3. The van der Waals surface area contributed by atoms with Crippen LogP contribution in [0.15, 0.2) is 70.2 Å². The minimum absolute atomic E-state index is 0.114. The third kappa shape index (κ3) is 5.80. The van der Waals surface area contributed by atoms with Crippen molar-refractivity contribution in [3.05, 3.63) is 97.5 Å². The number of hydrogen-bond donors (Lipinski definition) is 1. The summed E-state index contributed by atoms with van der Waals surface area (Å²) in [4.78, 5) is 35.2. The molecule has 10 heteroatoms. The van der Waals surface area contributed by atoms with E-state index in [9.17, 15) is 19.7 Å². The van der Waals surface area contributed by atoms with E-state index in [0.29, 0.717) is 15.6 Å². The van der Waals surface area contributed by atoms with Gasteiger partial charge in [0.1, 0.15) is 5.56 Å². The summed E-state index contributed by atoms with van der Waals surface area (Å²) in [5.74, 6) is -0.833. The number of nitrogens with zero attached hydrogens (tertiary/aromatic N) is 2. The summed E-state index contributed by atoms with van der Waals surface area (Å²) in [5, 5.41) is 14.9. The molecule has 3 rings (SSSR count). The molecule has 0 spiro atoms. The van der Waals surface area contributed by atoms with Crippen molar-refractivity contribution >= 4 is 39.7 Å². The van der Waals surface area contributed by atoms with E-state index in [-0.39, 0.29) is 22.7 Å². The summed E-state index contributed by atoms with van der Waals surface area (Å²) in [6.45, 7) is 1.92. The lowest BCUT2D eigenvalue weighted by atomic mass is 10.1. The van der Waals surface area contributed by atoms with Gasteiger partial charge in [0.05, 0.1) is 28.3 Å². The van der Waals surface area contributed by atoms with Crippen molar-refractivity contribution in [2.45, 2.75) is 6.92 Å². The van der Waals surface area contributed by atoms with Crippen molar-refractivity contribution in [1.82, 2.24) is 5.43 Å². The summed E-state index contributed by atoms with van der Waals surface area (Å²) < 4.78 is 11.3. The molecule has 0 atom stereocenters. The van der Waals surface area contributed by atoms with Crippen LogP contribution in [0.2, 0.25) is 0 Å². The van der Waals surface area contributed by atoms with E-state index in [2.05, 4.69) is 26.5 Å². The zero-order valence-corrected chi connectivity index (χ0v) is 19.2. The van der Waals surface area contributed by atoms with E-state index in [1.807, 2.05) is 6.92 Å². The highest BCUT2D eigenvalue weighted by Gasteiger charge is 2.19. The Morgan fingerprint density at radius 1 is 1.12 bits per heavy atom. The summed E-state index contributed by atoms with van der Waals surface area (Å²) in [7, 11) is 1.42. The van der Waals surface area contributed by atoms with Crippen LogP contribution in [0.25, 0.3) is 0 Å². The van der Waals surface area contributed by atoms with Crippen molar-refractivity contribution in [2.75, 3.05) is 7.11 Å². The Morgan fingerprint density at radius 2 is 1.82 bits per heavy atom. The number of esters is 1. The Labute approximate surface area is 197 Å². The van der Waals surface area contributed by atoms with E-state index in [1.165, 1.54) is 37.6 Å². The molecule has 1 N–H and O–H groups in total. The van der Waals surface area contributed by atoms with Gasteiger partial charge in [-0.2, -0.15) is 5.10 Å². The average Bonchev–Trinajstić information content (AvgIpc) is 2.80. The van der Waals surface area contributed by atoms with Gasteiger partial charge in [-0.15, -0.1) is 0 Å². The summed E-state index contributed by atoms with van der Waals surface area (Å²) in [6.07, 6.45) is 1.32. The predicted molar refractivity (Wildman–Crippen MR) is 125 cm³/mol. The number of benzene rings is 3. The second kappa shape index (κ2) is 10.5. The van der Waals surface area contributed by atoms with Crippen molar-refractivity contribution in [1.29, 1.82) is 0 Å². The highest BCUT2D eigenvalue weighted by molar-refractivity contribution is 9.10. The van der Waals surface area contributed by atoms with E-state index in [0.717, 1.165) is 5.56 Å². The smallest absolute Gasteiger partial charge is 0.343 e. The third-order valence-corrected chi connectivity index (χ3v) is 5.05. The number of para-hydroxylation sites is 1. The number of carbonyl (C=O) groups is 2. The lowest BCUT2D eigenvalue weighted by Gasteiger charge is -2.12. The first-order valence-electron chi connectivity index (χ1n) is 9.53. The maximum absolute atomic E-state index is 12.5. The highest BCUT2D eigenvalue weighted by atomic mass is 79.9. The van der Waals surface area contributed by atoms with Gasteiger partial charge in [-0.1, -0.05) is 29.8 Å². The van der Waals surface area contributed by atoms with Crippen LogP contribution in [0.1, 0.15) is 31.8 Å². The van der Waals surface area contributed by atoms with E-state index >= 15 is 0 Å². The lowest BCUT2D eigenvalue weighted by Crippen LogP contribution is -2.19. The molecule has 0 radical (unpaired) electrons. The van der Waals surface area contributed by atoms with Gasteiger partial charge in [0.2, 0.25) is 0 Å². The molecule has 1 amide bonds. The Kier molecular flexibility index (Phi) is 7.52. The number of hydrazone groups is 1. The minimum Gasteiger partial charge on any atom is -0.493 e. The van der Waals surface area contributed by atoms with Crippen LogP contribution in [-0.2, 0) is 0 Å². The summed E-state index contributed by atoms with van der Waals surface area (Å²) in [6, 6.07) is 15.7. The third-order valence-electron chi connectivity index (χ3n) is 4.46. The molecule has 0 aliphatic carbocycles. The summed E-state index contributed by atoms with van der Waals surface area (Å²) >= 11 is 3.35. The molecule has 0 aliphatic rings. The van der Waals surface area contributed by atoms with Gasteiger partial charge >= 0.3 is 5.97 Å². The fourth-order valence-corrected chi connectivity index (χ4v) is 3.35. The quantitative estimate of drug-likeness (QED) is 0.162. The zero-order chi connectivity index (χ0) is 24.0. The molecule has 3 aromatic carbocycles. The number of nitrogens with one attached hydrogen (secondary N) is 1. The van der Waals surface area contributed by atoms with Crippen LogP contribution < -0.4 is 14.9 Å². The van der Waals surface area contributed by atoms with E-state index < -0.39 is 16.8 Å². The molecule has 0 unspecified atom stereocenters. The number of rotatable bonds is 7. The molecule has 0 fully saturated rings. The number of nitro groups is 1. The number of amides is 1. The molecule has 0 aliphatic heterocycles.